The van der Waals surface area contributed by atoms with E-state index in [9.17, 15) is 4.79 Å². The van der Waals surface area contributed by atoms with Gasteiger partial charge in [-0.05, 0) is 24.1 Å². The molecule has 0 saturated carbocycles. The Labute approximate surface area is 137 Å². The van der Waals surface area contributed by atoms with Crippen LogP contribution in [-0.4, -0.2) is 16.3 Å². The molecule has 7 heteroatoms. The molecule has 0 aliphatic carbocycles. The normalized spacial score (nSPS) is 11.0. The molecule has 4 nitrogen and oxygen atoms in total. The summed E-state index contributed by atoms with van der Waals surface area (Å²) in [6, 6.07) is 5.20. The number of hydrogen-bond acceptors (Lipinski definition) is 3. The lowest BCUT2D eigenvalue weighted by Gasteiger charge is -2.12. The summed E-state index contributed by atoms with van der Waals surface area (Å²) >= 11 is 17.8. The largest absolute Gasteiger partial charge is 0.384 e. The van der Waals surface area contributed by atoms with Gasteiger partial charge < -0.3 is 5.32 Å². The molecule has 1 aromatic carbocycles. The van der Waals surface area contributed by atoms with Crippen LogP contribution in [0.2, 0.25) is 15.1 Å². The summed E-state index contributed by atoms with van der Waals surface area (Å²) in [7, 11) is 0. The van der Waals surface area contributed by atoms with Crippen molar-refractivity contribution in [3.63, 3.8) is 0 Å². The van der Waals surface area contributed by atoms with Gasteiger partial charge in [0.1, 0.15) is 5.02 Å². The SMILES string of the molecule is CC(C)CNc1ccc(-n2ncc(Cl)c(Cl)c2=O)cc1Cl. The van der Waals surface area contributed by atoms with Crippen molar-refractivity contribution >= 4 is 40.5 Å². The number of halogens is 3. The molecule has 0 unspecified atom stereocenters. The first-order valence-electron chi connectivity index (χ1n) is 6.37. The Bertz CT molecular complexity index is 713. The minimum atomic E-state index is -0.483. The maximum Gasteiger partial charge on any atom is 0.291 e. The van der Waals surface area contributed by atoms with Gasteiger partial charge in [0.25, 0.3) is 5.56 Å². The van der Waals surface area contributed by atoms with Crippen LogP contribution in [0, 0.1) is 5.92 Å². The van der Waals surface area contributed by atoms with Gasteiger partial charge in [-0.3, -0.25) is 4.79 Å². The standard InChI is InChI=1S/C14H14Cl3N3O/c1-8(2)6-18-12-4-3-9(5-10(12)15)20-14(21)13(17)11(16)7-19-20/h3-5,7-8,18H,6H2,1-2H3. The second kappa shape index (κ2) is 6.69. The highest BCUT2D eigenvalue weighted by Gasteiger charge is 2.10. The maximum atomic E-state index is 12.0. The fourth-order valence-corrected chi connectivity index (χ4v) is 2.18. The first-order valence-corrected chi connectivity index (χ1v) is 7.50. The van der Waals surface area contributed by atoms with Gasteiger partial charge in [-0.15, -0.1) is 0 Å². The minimum Gasteiger partial charge on any atom is -0.384 e. The molecule has 0 aliphatic rings. The van der Waals surface area contributed by atoms with Gasteiger partial charge in [0.05, 0.1) is 27.6 Å². The number of rotatable bonds is 4. The Morgan fingerprint density at radius 1 is 1.24 bits per heavy atom. The van der Waals surface area contributed by atoms with Crippen molar-refractivity contribution in [2.24, 2.45) is 5.92 Å². The Hall–Kier alpha value is -1.23. The van der Waals surface area contributed by atoms with Gasteiger partial charge in [-0.1, -0.05) is 48.7 Å². The zero-order valence-electron chi connectivity index (χ0n) is 11.5. The van der Waals surface area contributed by atoms with E-state index in [0.717, 1.165) is 16.9 Å². The fourth-order valence-electron chi connectivity index (χ4n) is 1.69. The van der Waals surface area contributed by atoms with Gasteiger partial charge in [0.15, 0.2) is 0 Å². The quantitative estimate of drug-likeness (QED) is 0.899. The zero-order valence-corrected chi connectivity index (χ0v) is 13.8. The third kappa shape index (κ3) is 3.70. The van der Waals surface area contributed by atoms with E-state index in [4.69, 9.17) is 34.8 Å². The lowest BCUT2D eigenvalue weighted by Crippen LogP contribution is -2.21. The van der Waals surface area contributed by atoms with Crippen LogP contribution in [0.25, 0.3) is 5.69 Å². The number of benzene rings is 1. The Morgan fingerprint density at radius 2 is 1.95 bits per heavy atom. The van der Waals surface area contributed by atoms with Gasteiger partial charge in [-0.2, -0.15) is 9.78 Å². The topological polar surface area (TPSA) is 46.9 Å². The molecule has 21 heavy (non-hydrogen) atoms. The Balaban J connectivity index is 2.37. The number of nitrogens with zero attached hydrogens (tertiary/aromatic N) is 2. The van der Waals surface area contributed by atoms with Crippen molar-refractivity contribution in [1.29, 1.82) is 0 Å². The van der Waals surface area contributed by atoms with Crippen LogP contribution in [0.4, 0.5) is 5.69 Å². The minimum absolute atomic E-state index is 0.0650. The summed E-state index contributed by atoms with van der Waals surface area (Å²) in [6.45, 7) is 5.02. The molecule has 112 valence electrons. The maximum absolute atomic E-state index is 12.0. The van der Waals surface area contributed by atoms with Gasteiger partial charge >= 0.3 is 0 Å². The summed E-state index contributed by atoms with van der Waals surface area (Å²) in [5.41, 5.74) is 0.851. The van der Waals surface area contributed by atoms with Gasteiger partial charge in [0.2, 0.25) is 0 Å². The molecular formula is C14H14Cl3N3O. The lowest BCUT2D eigenvalue weighted by atomic mass is 10.2. The first kappa shape index (κ1) is 16.1. The molecule has 0 atom stereocenters. The second-order valence-electron chi connectivity index (χ2n) is 4.96. The lowest BCUT2D eigenvalue weighted by molar-refractivity contribution is 0.689. The molecule has 1 N–H and O–H groups in total. The Kier molecular flexibility index (Phi) is 5.14. The molecule has 1 heterocycles. The predicted octanol–water partition coefficient (Wildman–Crippen LogP) is 4.26. The summed E-state index contributed by atoms with van der Waals surface area (Å²) in [6.07, 6.45) is 1.32. The fraction of sp³-hybridized carbons (Fsp3) is 0.286. The van der Waals surface area contributed by atoms with Crippen LogP contribution in [0.5, 0.6) is 0 Å². The van der Waals surface area contributed by atoms with E-state index >= 15 is 0 Å². The van der Waals surface area contributed by atoms with Crippen molar-refractivity contribution in [3.8, 4) is 5.69 Å². The van der Waals surface area contributed by atoms with Crippen LogP contribution in [0.1, 0.15) is 13.8 Å². The van der Waals surface area contributed by atoms with Crippen molar-refractivity contribution in [3.05, 3.63) is 49.8 Å². The third-order valence-corrected chi connectivity index (χ3v) is 3.84. The highest BCUT2D eigenvalue weighted by Crippen LogP contribution is 2.25. The molecule has 0 amide bonds. The molecule has 0 radical (unpaired) electrons. The van der Waals surface area contributed by atoms with Gasteiger partial charge in [-0.25, -0.2) is 0 Å². The summed E-state index contributed by atoms with van der Waals surface area (Å²) in [4.78, 5) is 12.0. The summed E-state index contributed by atoms with van der Waals surface area (Å²) in [5.74, 6) is 0.500. The van der Waals surface area contributed by atoms with Gasteiger partial charge in [0, 0.05) is 6.54 Å². The van der Waals surface area contributed by atoms with E-state index in [2.05, 4.69) is 24.3 Å². The van der Waals surface area contributed by atoms with E-state index in [1.807, 2.05) is 0 Å². The molecule has 2 rings (SSSR count). The molecule has 2 aromatic rings. The van der Waals surface area contributed by atoms with Crippen LogP contribution in [-0.2, 0) is 0 Å². The van der Waals surface area contributed by atoms with Crippen LogP contribution in [0.3, 0.4) is 0 Å². The first-order chi connectivity index (χ1) is 9.90. The number of aromatic nitrogens is 2. The molecular weight excluding hydrogens is 333 g/mol. The highest BCUT2D eigenvalue weighted by molar-refractivity contribution is 6.41. The second-order valence-corrected chi connectivity index (χ2v) is 6.15. The zero-order chi connectivity index (χ0) is 15.6. The molecule has 0 spiro atoms. The van der Waals surface area contributed by atoms with E-state index in [0.29, 0.717) is 16.6 Å². The molecule has 1 aromatic heterocycles. The van der Waals surface area contributed by atoms with Crippen molar-refractivity contribution in [2.45, 2.75) is 13.8 Å². The van der Waals surface area contributed by atoms with E-state index in [1.165, 1.54) is 6.20 Å². The van der Waals surface area contributed by atoms with E-state index < -0.39 is 5.56 Å². The van der Waals surface area contributed by atoms with Crippen molar-refractivity contribution < 1.29 is 0 Å². The predicted molar refractivity (Wildman–Crippen MR) is 88.2 cm³/mol. The summed E-state index contributed by atoms with van der Waals surface area (Å²) < 4.78 is 1.16. The smallest absolute Gasteiger partial charge is 0.291 e. The van der Waals surface area contributed by atoms with Crippen LogP contribution >= 0.6 is 34.8 Å². The molecule has 0 fully saturated rings. The molecule has 0 saturated heterocycles. The average molecular weight is 347 g/mol. The molecule has 0 aliphatic heterocycles. The monoisotopic (exact) mass is 345 g/mol. The number of nitrogens with one attached hydrogen (secondary N) is 1. The average Bonchev–Trinajstić information content (AvgIpc) is 2.43. The molecule has 0 bridgehead atoms. The highest BCUT2D eigenvalue weighted by atomic mass is 35.5. The Morgan fingerprint density at radius 3 is 2.57 bits per heavy atom. The van der Waals surface area contributed by atoms with Crippen LogP contribution < -0.4 is 10.9 Å². The van der Waals surface area contributed by atoms with Crippen LogP contribution in [0.15, 0.2) is 29.2 Å². The van der Waals surface area contributed by atoms with Crippen molar-refractivity contribution in [2.75, 3.05) is 11.9 Å². The van der Waals surface area contributed by atoms with E-state index in [-0.39, 0.29) is 10.0 Å². The number of anilines is 1. The van der Waals surface area contributed by atoms with E-state index in [1.54, 1.807) is 18.2 Å². The third-order valence-electron chi connectivity index (χ3n) is 2.77. The van der Waals surface area contributed by atoms with Crippen molar-refractivity contribution in [1.82, 2.24) is 9.78 Å². The summed E-state index contributed by atoms with van der Waals surface area (Å²) in [5, 5.41) is 7.77. The number of hydrogen-bond donors (Lipinski definition) is 1.